The summed E-state index contributed by atoms with van der Waals surface area (Å²) in [5.41, 5.74) is 6.94. The lowest BCUT2D eigenvalue weighted by molar-refractivity contribution is 0.0901. The molecule has 1 N–H and O–H groups in total. The van der Waals surface area contributed by atoms with Gasteiger partial charge in [0.05, 0.1) is 10.6 Å². The Morgan fingerprint density at radius 3 is 2.42 bits per heavy atom. The first-order valence-corrected chi connectivity index (χ1v) is 11.3. The van der Waals surface area contributed by atoms with Gasteiger partial charge in [0.25, 0.3) is 5.91 Å². The van der Waals surface area contributed by atoms with Crippen LogP contribution in [0, 0.1) is 13.8 Å². The Balaban J connectivity index is 1.37. The molecule has 0 aliphatic carbocycles. The highest BCUT2D eigenvalue weighted by molar-refractivity contribution is 6.33. The molecule has 3 aromatic rings. The van der Waals surface area contributed by atoms with E-state index < -0.39 is 0 Å². The second kappa shape index (κ2) is 9.67. The largest absolute Gasteiger partial charge is 0.348 e. The zero-order valence-corrected chi connectivity index (χ0v) is 19.0. The minimum Gasteiger partial charge on any atom is -0.348 e. The Morgan fingerprint density at radius 2 is 1.71 bits per heavy atom. The molecule has 3 nitrogen and oxygen atoms in total. The number of carbonyl (C=O) groups excluding carboxylic acids is 1. The van der Waals surface area contributed by atoms with E-state index in [2.05, 4.69) is 66.5 Å². The van der Waals surface area contributed by atoms with E-state index in [0.29, 0.717) is 10.6 Å². The molecule has 1 unspecified atom stereocenters. The minimum absolute atomic E-state index is 0.0877. The first-order chi connectivity index (χ1) is 15.0. The maximum Gasteiger partial charge on any atom is 0.253 e. The van der Waals surface area contributed by atoms with Crippen LogP contribution in [0.3, 0.4) is 0 Å². The topological polar surface area (TPSA) is 32.3 Å². The van der Waals surface area contributed by atoms with Gasteiger partial charge in [-0.15, -0.1) is 0 Å². The lowest BCUT2D eigenvalue weighted by Crippen LogP contribution is -2.47. The first kappa shape index (κ1) is 21.6. The third-order valence-corrected chi connectivity index (χ3v) is 6.20. The number of piperidine rings is 1. The maximum atomic E-state index is 12.6. The van der Waals surface area contributed by atoms with Crippen molar-refractivity contribution in [1.29, 1.82) is 0 Å². The van der Waals surface area contributed by atoms with E-state index in [1.165, 1.54) is 27.8 Å². The number of likely N-dealkylation sites (tertiary alicyclic amines) is 1. The highest BCUT2D eigenvalue weighted by Crippen LogP contribution is 2.24. The quantitative estimate of drug-likeness (QED) is 0.534. The van der Waals surface area contributed by atoms with E-state index in [9.17, 15) is 4.79 Å². The van der Waals surface area contributed by atoms with E-state index in [1.807, 2.05) is 12.1 Å². The van der Waals surface area contributed by atoms with E-state index in [4.69, 9.17) is 11.6 Å². The molecule has 4 heteroatoms. The van der Waals surface area contributed by atoms with Crippen molar-refractivity contribution in [3.63, 3.8) is 0 Å². The van der Waals surface area contributed by atoms with Gasteiger partial charge in [0, 0.05) is 19.1 Å². The van der Waals surface area contributed by atoms with Crippen molar-refractivity contribution in [1.82, 2.24) is 10.2 Å². The Labute approximate surface area is 190 Å². The number of rotatable bonds is 5. The number of hydrogen-bond donors (Lipinski definition) is 1. The van der Waals surface area contributed by atoms with E-state index in [0.717, 1.165) is 32.5 Å². The molecule has 0 radical (unpaired) electrons. The van der Waals surface area contributed by atoms with Crippen LogP contribution in [-0.4, -0.2) is 29.9 Å². The number of nitrogens with zero attached hydrogens (tertiary/aromatic N) is 1. The third kappa shape index (κ3) is 5.55. The summed E-state index contributed by atoms with van der Waals surface area (Å²) in [5, 5.41) is 3.66. The number of halogens is 1. The lowest BCUT2D eigenvalue weighted by atomic mass is 9.99. The Kier molecular flexibility index (Phi) is 6.74. The zero-order valence-electron chi connectivity index (χ0n) is 18.2. The molecule has 31 heavy (non-hydrogen) atoms. The van der Waals surface area contributed by atoms with E-state index >= 15 is 0 Å². The van der Waals surface area contributed by atoms with Crippen molar-refractivity contribution in [3.05, 3.63) is 94.0 Å². The fourth-order valence-corrected chi connectivity index (χ4v) is 4.65. The summed E-state index contributed by atoms with van der Waals surface area (Å²) in [4.78, 5) is 15.0. The van der Waals surface area contributed by atoms with Crippen LogP contribution in [0.25, 0.3) is 11.1 Å². The second-order valence-electron chi connectivity index (χ2n) is 8.60. The van der Waals surface area contributed by atoms with Gasteiger partial charge in [-0.25, -0.2) is 0 Å². The van der Waals surface area contributed by atoms with Gasteiger partial charge in [-0.1, -0.05) is 77.3 Å². The third-order valence-electron chi connectivity index (χ3n) is 5.87. The molecular weight excluding hydrogens is 404 g/mol. The molecular formula is C27H29ClN2O. The standard InChI is InChI=1S/C27H29ClN2O/c1-19-14-20(2)16-23(15-19)22-11-9-21(10-12-22)17-30-13-5-6-24(18-30)29-27(31)25-7-3-4-8-26(25)28/h3-4,7-12,14-16,24H,5-6,13,17-18H2,1-2H3,(H,29,31). The van der Waals surface area contributed by atoms with Crippen LogP contribution < -0.4 is 5.32 Å². The monoisotopic (exact) mass is 432 g/mol. The normalized spacial score (nSPS) is 16.8. The van der Waals surface area contributed by atoms with Gasteiger partial charge in [-0.05, 0) is 62.1 Å². The maximum absolute atomic E-state index is 12.6. The molecule has 1 saturated heterocycles. The van der Waals surface area contributed by atoms with Gasteiger partial charge in [0.1, 0.15) is 0 Å². The fourth-order valence-electron chi connectivity index (χ4n) is 4.43. The average molecular weight is 433 g/mol. The zero-order chi connectivity index (χ0) is 21.8. The van der Waals surface area contributed by atoms with Gasteiger partial charge in [-0.2, -0.15) is 0 Å². The molecule has 0 bridgehead atoms. The van der Waals surface area contributed by atoms with Gasteiger partial charge in [0.2, 0.25) is 0 Å². The molecule has 1 fully saturated rings. The van der Waals surface area contributed by atoms with Crippen molar-refractivity contribution >= 4 is 17.5 Å². The fraction of sp³-hybridized carbons (Fsp3) is 0.296. The van der Waals surface area contributed by atoms with Gasteiger partial charge >= 0.3 is 0 Å². The van der Waals surface area contributed by atoms with Crippen LogP contribution in [0.2, 0.25) is 5.02 Å². The summed E-state index contributed by atoms with van der Waals surface area (Å²) < 4.78 is 0. The number of nitrogens with one attached hydrogen (secondary N) is 1. The lowest BCUT2D eigenvalue weighted by Gasteiger charge is -2.33. The molecule has 1 aliphatic rings. The molecule has 1 atom stereocenters. The predicted molar refractivity (Wildman–Crippen MR) is 129 cm³/mol. The number of hydrogen-bond acceptors (Lipinski definition) is 2. The molecule has 0 spiro atoms. The van der Waals surface area contributed by atoms with Gasteiger partial charge in [0.15, 0.2) is 0 Å². The molecule has 1 aliphatic heterocycles. The highest BCUT2D eigenvalue weighted by atomic mass is 35.5. The van der Waals surface area contributed by atoms with Crippen LogP contribution >= 0.6 is 11.6 Å². The van der Waals surface area contributed by atoms with E-state index in [1.54, 1.807) is 12.1 Å². The van der Waals surface area contributed by atoms with Crippen molar-refractivity contribution in [2.45, 2.75) is 39.3 Å². The SMILES string of the molecule is Cc1cc(C)cc(-c2ccc(CN3CCCC(NC(=O)c4ccccc4Cl)C3)cc2)c1. The summed E-state index contributed by atoms with van der Waals surface area (Å²) in [6.07, 6.45) is 2.08. The van der Waals surface area contributed by atoms with Crippen LogP contribution in [0.1, 0.15) is 39.9 Å². The predicted octanol–water partition coefficient (Wildman–Crippen LogP) is 6.02. The van der Waals surface area contributed by atoms with Gasteiger partial charge < -0.3 is 5.32 Å². The summed E-state index contributed by atoms with van der Waals surface area (Å²) in [5.74, 6) is -0.0877. The number of aryl methyl sites for hydroxylation is 2. The summed E-state index contributed by atoms with van der Waals surface area (Å²) in [7, 11) is 0. The Morgan fingerprint density at radius 1 is 1.00 bits per heavy atom. The van der Waals surface area contributed by atoms with Crippen LogP contribution in [0.4, 0.5) is 0 Å². The van der Waals surface area contributed by atoms with Crippen molar-refractivity contribution in [2.24, 2.45) is 0 Å². The molecule has 160 valence electrons. The molecule has 1 amide bonds. The molecule has 0 saturated carbocycles. The molecule has 1 heterocycles. The Bertz CT molecular complexity index is 1040. The first-order valence-electron chi connectivity index (χ1n) is 10.9. The van der Waals surface area contributed by atoms with Crippen LogP contribution in [0.5, 0.6) is 0 Å². The molecule has 4 rings (SSSR count). The summed E-state index contributed by atoms with van der Waals surface area (Å²) >= 11 is 6.18. The van der Waals surface area contributed by atoms with Gasteiger partial charge in [-0.3, -0.25) is 9.69 Å². The van der Waals surface area contributed by atoms with Crippen LogP contribution in [0.15, 0.2) is 66.7 Å². The molecule has 3 aromatic carbocycles. The smallest absolute Gasteiger partial charge is 0.253 e. The number of amides is 1. The highest BCUT2D eigenvalue weighted by Gasteiger charge is 2.22. The number of carbonyl (C=O) groups is 1. The second-order valence-corrected chi connectivity index (χ2v) is 9.01. The summed E-state index contributed by atoms with van der Waals surface area (Å²) in [6.45, 7) is 7.09. The minimum atomic E-state index is -0.0877. The number of benzene rings is 3. The van der Waals surface area contributed by atoms with Crippen molar-refractivity contribution < 1.29 is 4.79 Å². The van der Waals surface area contributed by atoms with E-state index in [-0.39, 0.29) is 11.9 Å². The average Bonchev–Trinajstić information content (AvgIpc) is 2.74. The van der Waals surface area contributed by atoms with Crippen molar-refractivity contribution in [3.8, 4) is 11.1 Å². The molecule has 0 aromatic heterocycles. The summed E-state index contributed by atoms with van der Waals surface area (Å²) in [6, 6.07) is 22.9. The Hall–Kier alpha value is -2.62. The van der Waals surface area contributed by atoms with Crippen molar-refractivity contribution in [2.75, 3.05) is 13.1 Å². The van der Waals surface area contributed by atoms with Crippen LogP contribution in [-0.2, 0) is 6.54 Å².